The molecule has 1 aromatic carbocycles. The number of fused-ring (bicyclic) bond motifs is 1. The van der Waals surface area contributed by atoms with Crippen molar-refractivity contribution in [3.8, 4) is 5.69 Å². The van der Waals surface area contributed by atoms with E-state index >= 15 is 0 Å². The van der Waals surface area contributed by atoms with Crippen LogP contribution in [0.15, 0.2) is 40.4 Å². The largest absolute Gasteiger partial charge is 0.481 e. The number of unbranched alkanes of at least 4 members (excludes halogenated alkanes) is 1. The number of nitrogens with zero attached hydrogens (tertiary/aromatic N) is 4. The van der Waals surface area contributed by atoms with Crippen LogP contribution in [0.4, 0.5) is 5.69 Å². The van der Waals surface area contributed by atoms with Crippen molar-refractivity contribution < 1.29 is 14.8 Å². The van der Waals surface area contributed by atoms with E-state index in [-0.39, 0.29) is 29.9 Å². The molecule has 0 aliphatic carbocycles. The van der Waals surface area contributed by atoms with Gasteiger partial charge in [0, 0.05) is 31.4 Å². The highest BCUT2D eigenvalue weighted by Crippen LogP contribution is 2.27. The van der Waals surface area contributed by atoms with E-state index < -0.39 is 22.0 Å². The first kappa shape index (κ1) is 18.0. The third-order valence-electron chi connectivity index (χ3n) is 4.07. The molecule has 0 unspecified atom stereocenters. The number of hydrogen-bond acceptors (Lipinski definition) is 6. The van der Waals surface area contributed by atoms with Crippen LogP contribution in [0.3, 0.4) is 0 Å². The maximum Gasteiger partial charge on any atom is 0.316 e. The van der Waals surface area contributed by atoms with Gasteiger partial charge in [-0.1, -0.05) is 0 Å². The third-order valence-corrected chi connectivity index (χ3v) is 4.07. The summed E-state index contributed by atoms with van der Waals surface area (Å²) in [7, 11) is 0. The lowest BCUT2D eigenvalue weighted by atomic mass is 10.2. The molecule has 0 saturated carbocycles. The van der Waals surface area contributed by atoms with E-state index in [2.05, 4.69) is 9.97 Å². The van der Waals surface area contributed by atoms with E-state index in [0.29, 0.717) is 18.4 Å². The van der Waals surface area contributed by atoms with Gasteiger partial charge >= 0.3 is 17.1 Å². The number of aromatic nitrogens is 4. The van der Waals surface area contributed by atoms with Gasteiger partial charge in [0.05, 0.1) is 22.3 Å². The molecule has 3 rings (SSSR count). The molecule has 3 aromatic rings. The number of carboxylic acid groups (broad SMARTS) is 1. The van der Waals surface area contributed by atoms with Crippen LogP contribution in [0.1, 0.15) is 19.3 Å². The van der Waals surface area contributed by atoms with Crippen molar-refractivity contribution in [2.75, 3.05) is 0 Å². The highest BCUT2D eigenvalue weighted by atomic mass is 16.6. The molecular weight excluding hydrogens is 358 g/mol. The first-order valence-electron chi connectivity index (χ1n) is 8.04. The van der Waals surface area contributed by atoms with Crippen LogP contribution < -0.4 is 11.1 Å². The average molecular weight is 373 g/mol. The van der Waals surface area contributed by atoms with Crippen molar-refractivity contribution >= 4 is 22.7 Å². The number of aromatic amines is 1. The lowest BCUT2D eigenvalue weighted by Crippen LogP contribution is -2.36. The van der Waals surface area contributed by atoms with E-state index in [1.807, 2.05) is 0 Å². The molecule has 0 aliphatic heterocycles. The van der Waals surface area contributed by atoms with E-state index in [1.54, 1.807) is 0 Å². The van der Waals surface area contributed by atoms with Crippen LogP contribution in [-0.4, -0.2) is 35.1 Å². The summed E-state index contributed by atoms with van der Waals surface area (Å²) in [6.07, 6.45) is 5.01. The zero-order chi connectivity index (χ0) is 19.6. The molecule has 2 aromatic heterocycles. The molecule has 0 fully saturated rings. The van der Waals surface area contributed by atoms with Crippen LogP contribution in [-0.2, 0) is 11.3 Å². The molecule has 2 heterocycles. The van der Waals surface area contributed by atoms with Crippen LogP contribution in [0.25, 0.3) is 16.7 Å². The zero-order valence-electron chi connectivity index (χ0n) is 14.0. The summed E-state index contributed by atoms with van der Waals surface area (Å²) in [6, 6.07) is 2.63. The van der Waals surface area contributed by atoms with Crippen LogP contribution in [0.5, 0.6) is 0 Å². The molecule has 0 amide bonds. The Bertz CT molecular complexity index is 1130. The molecule has 0 bridgehead atoms. The maximum atomic E-state index is 12.3. The van der Waals surface area contributed by atoms with Crippen LogP contribution in [0.2, 0.25) is 0 Å². The van der Waals surface area contributed by atoms with Gasteiger partial charge in [-0.25, -0.2) is 4.98 Å². The number of benzene rings is 1. The first-order valence-corrected chi connectivity index (χ1v) is 8.04. The summed E-state index contributed by atoms with van der Waals surface area (Å²) in [5.41, 5.74) is -1.31. The van der Waals surface area contributed by atoms with Gasteiger partial charge in [0.25, 0.3) is 5.69 Å². The predicted octanol–water partition coefficient (Wildman–Crippen LogP) is 1.04. The van der Waals surface area contributed by atoms with Gasteiger partial charge < -0.3 is 19.2 Å². The maximum absolute atomic E-state index is 12.3. The van der Waals surface area contributed by atoms with Gasteiger partial charge in [0.2, 0.25) is 0 Å². The summed E-state index contributed by atoms with van der Waals surface area (Å²) in [5.74, 6) is -0.948. The minimum absolute atomic E-state index is 0.0539. The fourth-order valence-electron chi connectivity index (χ4n) is 2.82. The van der Waals surface area contributed by atoms with Crippen LogP contribution >= 0.6 is 0 Å². The lowest BCUT2D eigenvalue weighted by molar-refractivity contribution is -0.384. The Morgan fingerprint density at radius 2 is 2.07 bits per heavy atom. The second-order valence-corrected chi connectivity index (χ2v) is 5.85. The second-order valence-electron chi connectivity index (χ2n) is 5.85. The van der Waals surface area contributed by atoms with E-state index in [1.165, 1.54) is 40.0 Å². The van der Waals surface area contributed by atoms with Crippen molar-refractivity contribution in [2.24, 2.45) is 0 Å². The van der Waals surface area contributed by atoms with Gasteiger partial charge in [-0.2, -0.15) is 0 Å². The minimum atomic E-state index is -0.948. The molecule has 0 spiro atoms. The molecule has 0 atom stereocenters. The quantitative estimate of drug-likeness (QED) is 0.271. The van der Waals surface area contributed by atoms with Gasteiger partial charge in [-0.3, -0.25) is 24.5 Å². The van der Waals surface area contributed by atoms with Crippen molar-refractivity contribution in [3.63, 3.8) is 0 Å². The smallest absolute Gasteiger partial charge is 0.316 e. The molecule has 11 heteroatoms. The number of carboxylic acids is 1. The number of aryl methyl sites for hydroxylation is 1. The Hall–Kier alpha value is -3.76. The van der Waals surface area contributed by atoms with Gasteiger partial charge in [0.15, 0.2) is 0 Å². The van der Waals surface area contributed by atoms with E-state index in [0.717, 1.165) is 0 Å². The molecule has 140 valence electrons. The second kappa shape index (κ2) is 7.23. The Morgan fingerprint density at radius 1 is 1.30 bits per heavy atom. The molecule has 0 radical (unpaired) electrons. The summed E-state index contributed by atoms with van der Waals surface area (Å²) >= 11 is 0. The zero-order valence-corrected chi connectivity index (χ0v) is 14.0. The fourth-order valence-corrected chi connectivity index (χ4v) is 2.82. The Kier molecular flexibility index (Phi) is 4.83. The number of H-pyrrole nitrogens is 1. The molecule has 0 saturated heterocycles. The van der Waals surface area contributed by atoms with Gasteiger partial charge in [0.1, 0.15) is 5.69 Å². The molecular formula is C16H15N5O6. The number of aliphatic carboxylic acids is 1. The number of rotatable bonds is 7. The standard InChI is InChI=1S/C16H15N5O6/c22-14(23)3-1-2-5-20-11-8-12(19-6-4-17-9-19)13(21(26)27)7-10(11)18-15(24)16(20)25/h4,6-9H,1-3,5H2,(H,18,24)(H,22,23). The van der Waals surface area contributed by atoms with Crippen molar-refractivity contribution in [1.29, 1.82) is 0 Å². The minimum Gasteiger partial charge on any atom is -0.481 e. The van der Waals surface area contributed by atoms with Crippen molar-refractivity contribution in [2.45, 2.75) is 25.8 Å². The fraction of sp³-hybridized carbons (Fsp3) is 0.250. The van der Waals surface area contributed by atoms with E-state index in [4.69, 9.17) is 5.11 Å². The number of imidazole rings is 1. The summed E-state index contributed by atoms with van der Waals surface area (Å²) < 4.78 is 2.64. The molecule has 0 aliphatic rings. The topological polar surface area (TPSA) is 153 Å². The SMILES string of the molecule is O=C(O)CCCCn1c(=O)c(=O)[nH]c2cc([N+](=O)[O-])c(-n3ccnc3)cc21. The molecule has 27 heavy (non-hydrogen) atoms. The summed E-state index contributed by atoms with van der Waals surface area (Å²) in [4.78, 5) is 51.9. The lowest BCUT2D eigenvalue weighted by Gasteiger charge is -2.12. The highest BCUT2D eigenvalue weighted by Gasteiger charge is 2.19. The predicted molar refractivity (Wildman–Crippen MR) is 94.1 cm³/mol. The number of carbonyl (C=O) groups is 1. The molecule has 2 N–H and O–H groups in total. The summed E-state index contributed by atoms with van der Waals surface area (Å²) in [5, 5.41) is 20.1. The number of hydrogen-bond donors (Lipinski definition) is 2. The summed E-state index contributed by atoms with van der Waals surface area (Å²) in [6.45, 7) is 0.119. The normalized spacial score (nSPS) is 11.0. The highest BCUT2D eigenvalue weighted by molar-refractivity contribution is 5.82. The Labute approximate surface area is 150 Å². The first-order chi connectivity index (χ1) is 12.9. The Morgan fingerprint density at radius 3 is 2.70 bits per heavy atom. The Balaban J connectivity index is 2.16. The third kappa shape index (κ3) is 3.61. The van der Waals surface area contributed by atoms with Gasteiger partial charge in [-0.05, 0) is 18.9 Å². The van der Waals surface area contributed by atoms with Crippen molar-refractivity contribution in [1.82, 2.24) is 19.1 Å². The number of nitrogens with one attached hydrogen (secondary N) is 1. The van der Waals surface area contributed by atoms with Crippen molar-refractivity contribution in [3.05, 3.63) is 61.7 Å². The monoisotopic (exact) mass is 373 g/mol. The van der Waals surface area contributed by atoms with E-state index in [9.17, 15) is 24.5 Å². The average Bonchev–Trinajstić information content (AvgIpc) is 3.14. The number of nitro benzene ring substituents is 1. The molecule has 11 nitrogen and oxygen atoms in total. The number of nitro groups is 1. The van der Waals surface area contributed by atoms with Crippen LogP contribution in [0, 0.1) is 10.1 Å². The van der Waals surface area contributed by atoms with Gasteiger partial charge in [-0.15, -0.1) is 0 Å².